The Labute approximate surface area is 154 Å². The van der Waals surface area contributed by atoms with Crippen molar-refractivity contribution >= 4 is 33.9 Å². The van der Waals surface area contributed by atoms with Crippen molar-refractivity contribution in [2.75, 3.05) is 12.4 Å². The molecular formula is C18H18N2O5S. The van der Waals surface area contributed by atoms with E-state index >= 15 is 0 Å². The SMILES string of the molecule is COC(=O)c1c(NC(=O)c2cccc([N+](=O)[O-])c2C)sc2c1CCCC2. The number of nitrogens with one attached hydrogen (secondary N) is 1. The average Bonchev–Trinajstić information content (AvgIpc) is 2.98. The van der Waals surface area contributed by atoms with Crippen molar-refractivity contribution < 1.29 is 19.2 Å². The molecule has 1 aliphatic carbocycles. The number of carbonyl (C=O) groups is 2. The highest BCUT2D eigenvalue weighted by Crippen LogP contribution is 2.39. The maximum atomic E-state index is 12.7. The van der Waals surface area contributed by atoms with E-state index in [9.17, 15) is 19.7 Å². The summed E-state index contributed by atoms with van der Waals surface area (Å²) in [7, 11) is 1.31. The predicted molar refractivity (Wildman–Crippen MR) is 98.1 cm³/mol. The number of thiophene rings is 1. The number of anilines is 1. The highest BCUT2D eigenvalue weighted by Gasteiger charge is 2.28. The van der Waals surface area contributed by atoms with Crippen molar-refractivity contribution in [3.8, 4) is 0 Å². The van der Waals surface area contributed by atoms with Crippen LogP contribution in [0.25, 0.3) is 0 Å². The van der Waals surface area contributed by atoms with Gasteiger partial charge in [-0.25, -0.2) is 4.79 Å². The summed E-state index contributed by atoms with van der Waals surface area (Å²) in [4.78, 5) is 36.6. The van der Waals surface area contributed by atoms with Gasteiger partial charge in [0.05, 0.1) is 17.6 Å². The molecule has 7 nitrogen and oxygen atoms in total. The number of fused-ring (bicyclic) bond motifs is 1. The molecule has 1 aliphatic rings. The minimum absolute atomic E-state index is 0.115. The minimum Gasteiger partial charge on any atom is -0.465 e. The molecule has 1 heterocycles. The van der Waals surface area contributed by atoms with Gasteiger partial charge in [0.15, 0.2) is 0 Å². The number of amides is 1. The van der Waals surface area contributed by atoms with Crippen LogP contribution in [0.5, 0.6) is 0 Å². The Hall–Kier alpha value is -2.74. The molecule has 0 aliphatic heterocycles. The number of nitrogens with zero attached hydrogens (tertiary/aromatic N) is 1. The van der Waals surface area contributed by atoms with Crippen LogP contribution in [-0.4, -0.2) is 23.9 Å². The van der Waals surface area contributed by atoms with E-state index in [1.165, 1.54) is 43.6 Å². The van der Waals surface area contributed by atoms with Gasteiger partial charge in [-0.05, 0) is 44.2 Å². The van der Waals surface area contributed by atoms with Gasteiger partial charge >= 0.3 is 5.97 Å². The van der Waals surface area contributed by atoms with E-state index in [-0.39, 0.29) is 16.8 Å². The first-order valence-electron chi connectivity index (χ1n) is 8.22. The van der Waals surface area contributed by atoms with Crippen molar-refractivity contribution in [3.05, 3.63) is 55.4 Å². The van der Waals surface area contributed by atoms with Gasteiger partial charge in [0.2, 0.25) is 0 Å². The van der Waals surface area contributed by atoms with Gasteiger partial charge in [-0.2, -0.15) is 0 Å². The van der Waals surface area contributed by atoms with Crippen LogP contribution >= 0.6 is 11.3 Å². The van der Waals surface area contributed by atoms with E-state index < -0.39 is 16.8 Å². The summed E-state index contributed by atoms with van der Waals surface area (Å²) < 4.78 is 4.89. The quantitative estimate of drug-likeness (QED) is 0.497. The number of aryl methyl sites for hydroxylation is 1. The maximum Gasteiger partial charge on any atom is 0.341 e. The Balaban J connectivity index is 1.98. The number of hydrogen-bond acceptors (Lipinski definition) is 6. The summed E-state index contributed by atoms with van der Waals surface area (Å²) in [5, 5.41) is 14.3. The van der Waals surface area contributed by atoms with E-state index in [1.54, 1.807) is 0 Å². The zero-order chi connectivity index (χ0) is 18.8. The first-order valence-corrected chi connectivity index (χ1v) is 9.04. The molecule has 0 fully saturated rings. The van der Waals surface area contributed by atoms with Gasteiger partial charge in [-0.15, -0.1) is 11.3 Å². The number of carbonyl (C=O) groups excluding carboxylic acids is 2. The summed E-state index contributed by atoms with van der Waals surface area (Å²) in [6.45, 7) is 1.54. The van der Waals surface area contributed by atoms with Crippen molar-refractivity contribution in [2.24, 2.45) is 0 Å². The number of nitro groups is 1. The van der Waals surface area contributed by atoms with Crippen LogP contribution in [0.4, 0.5) is 10.7 Å². The largest absolute Gasteiger partial charge is 0.465 e. The molecule has 0 atom stereocenters. The molecule has 0 unspecified atom stereocenters. The molecule has 3 rings (SSSR count). The lowest BCUT2D eigenvalue weighted by Crippen LogP contribution is -2.16. The van der Waals surface area contributed by atoms with Crippen LogP contribution in [0, 0.1) is 17.0 Å². The second-order valence-electron chi connectivity index (χ2n) is 6.07. The molecule has 1 aromatic carbocycles. The van der Waals surface area contributed by atoms with Gasteiger partial charge < -0.3 is 10.1 Å². The van der Waals surface area contributed by atoms with Crippen LogP contribution in [0.1, 0.15) is 49.6 Å². The monoisotopic (exact) mass is 374 g/mol. The van der Waals surface area contributed by atoms with Gasteiger partial charge in [0.1, 0.15) is 5.00 Å². The fraction of sp³-hybridized carbons (Fsp3) is 0.333. The van der Waals surface area contributed by atoms with Crippen LogP contribution in [0.2, 0.25) is 0 Å². The Kier molecular flexibility index (Phi) is 5.03. The van der Waals surface area contributed by atoms with E-state index in [2.05, 4.69) is 5.32 Å². The normalized spacial score (nSPS) is 13.0. The Morgan fingerprint density at radius 2 is 2.00 bits per heavy atom. The maximum absolute atomic E-state index is 12.7. The number of hydrogen-bond donors (Lipinski definition) is 1. The van der Waals surface area contributed by atoms with Crippen LogP contribution < -0.4 is 5.32 Å². The molecule has 1 amide bonds. The molecule has 0 bridgehead atoms. The summed E-state index contributed by atoms with van der Waals surface area (Å²) in [5.41, 5.74) is 1.73. The lowest BCUT2D eigenvalue weighted by molar-refractivity contribution is -0.385. The molecule has 1 aromatic heterocycles. The fourth-order valence-electron chi connectivity index (χ4n) is 3.21. The second-order valence-corrected chi connectivity index (χ2v) is 7.17. The zero-order valence-corrected chi connectivity index (χ0v) is 15.3. The standard InChI is InChI=1S/C18H18N2O5S/c1-10-11(7-5-8-13(10)20(23)24)16(21)19-17-15(18(22)25-2)12-6-3-4-9-14(12)26-17/h5,7-8H,3-4,6,9H2,1-2H3,(H,19,21). The summed E-state index contributed by atoms with van der Waals surface area (Å²) >= 11 is 1.38. The number of esters is 1. The minimum atomic E-state index is -0.518. The number of nitro benzene ring substituents is 1. The molecule has 2 aromatic rings. The fourth-order valence-corrected chi connectivity index (χ4v) is 4.48. The first kappa shape index (κ1) is 18.1. The van der Waals surface area contributed by atoms with Crippen LogP contribution in [0.15, 0.2) is 18.2 Å². The predicted octanol–water partition coefficient (Wildman–Crippen LogP) is 3.88. The van der Waals surface area contributed by atoms with E-state index in [1.807, 2.05) is 0 Å². The third-order valence-corrected chi connectivity index (χ3v) is 5.74. The lowest BCUT2D eigenvalue weighted by atomic mass is 9.95. The average molecular weight is 374 g/mol. The molecule has 0 spiro atoms. The third-order valence-electron chi connectivity index (χ3n) is 4.53. The van der Waals surface area contributed by atoms with Gasteiger partial charge in [-0.1, -0.05) is 6.07 Å². The molecule has 0 saturated carbocycles. The van der Waals surface area contributed by atoms with Crippen molar-refractivity contribution in [3.63, 3.8) is 0 Å². The van der Waals surface area contributed by atoms with E-state index in [0.717, 1.165) is 36.1 Å². The van der Waals surface area contributed by atoms with Crippen LogP contribution in [-0.2, 0) is 17.6 Å². The molecule has 8 heteroatoms. The third kappa shape index (κ3) is 3.20. The number of rotatable bonds is 4. The van der Waals surface area contributed by atoms with Crippen molar-refractivity contribution in [1.29, 1.82) is 0 Å². The molecule has 0 saturated heterocycles. The summed E-state index contributed by atoms with van der Waals surface area (Å²) in [6, 6.07) is 4.36. The number of benzene rings is 1. The van der Waals surface area contributed by atoms with Crippen LogP contribution in [0.3, 0.4) is 0 Å². The van der Waals surface area contributed by atoms with Gasteiger partial charge in [-0.3, -0.25) is 14.9 Å². The van der Waals surface area contributed by atoms with Crippen molar-refractivity contribution in [2.45, 2.75) is 32.6 Å². The lowest BCUT2D eigenvalue weighted by Gasteiger charge is -2.12. The Morgan fingerprint density at radius 3 is 2.69 bits per heavy atom. The smallest absolute Gasteiger partial charge is 0.341 e. The highest BCUT2D eigenvalue weighted by molar-refractivity contribution is 7.17. The highest BCUT2D eigenvalue weighted by atomic mass is 32.1. The molecular weight excluding hydrogens is 356 g/mol. The molecule has 26 heavy (non-hydrogen) atoms. The summed E-state index contributed by atoms with van der Waals surface area (Å²) in [6.07, 6.45) is 3.69. The Morgan fingerprint density at radius 1 is 1.27 bits per heavy atom. The van der Waals surface area contributed by atoms with Crippen molar-refractivity contribution in [1.82, 2.24) is 0 Å². The number of methoxy groups -OCH3 is 1. The van der Waals surface area contributed by atoms with E-state index in [0.29, 0.717) is 10.6 Å². The molecule has 1 N–H and O–H groups in total. The number of ether oxygens (including phenoxy) is 1. The summed E-state index contributed by atoms with van der Waals surface area (Å²) in [5.74, 6) is -0.953. The molecule has 0 radical (unpaired) electrons. The van der Waals surface area contributed by atoms with Gasteiger partial charge in [0.25, 0.3) is 11.6 Å². The van der Waals surface area contributed by atoms with E-state index in [4.69, 9.17) is 4.74 Å². The molecule has 136 valence electrons. The van der Waals surface area contributed by atoms with Gasteiger partial charge in [0, 0.05) is 22.1 Å². The second kappa shape index (κ2) is 7.25. The zero-order valence-electron chi connectivity index (χ0n) is 14.5. The Bertz CT molecular complexity index is 903. The topological polar surface area (TPSA) is 98.5 Å². The first-order chi connectivity index (χ1) is 12.4.